The van der Waals surface area contributed by atoms with Crippen LogP contribution in [0.25, 0.3) is 0 Å². The summed E-state index contributed by atoms with van der Waals surface area (Å²) in [6.45, 7) is 0.977. The second-order valence-corrected chi connectivity index (χ2v) is 5.35. The van der Waals surface area contributed by atoms with Crippen LogP contribution in [0.3, 0.4) is 0 Å². The average molecular weight is 217 g/mol. The van der Waals surface area contributed by atoms with Crippen molar-refractivity contribution in [1.82, 2.24) is 0 Å². The van der Waals surface area contributed by atoms with Crippen molar-refractivity contribution >= 4 is 11.6 Å². The van der Waals surface area contributed by atoms with Crippen LogP contribution in [-0.4, -0.2) is 18.1 Å². The molecule has 0 aromatic carbocycles. The Bertz CT molecular complexity index is 166. The van der Waals surface area contributed by atoms with Crippen LogP contribution in [0.2, 0.25) is 0 Å². The fraction of sp³-hybridized carbons (Fsp3) is 1.00. The molecule has 14 heavy (non-hydrogen) atoms. The zero-order chi connectivity index (χ0) is 9.80. The quantitative estimate of drug-likeness (QED) is 0.505. The van der Waals surface area contributed by atoms with Crippen molar-refractivity contribution in [3.63, 3.8) is 0 Å². The Kier molecular flexibility index (Phi) is 4.12. The minimum Gasteiger partial charge on any atom is -0.378 e. The van der Waals surface area contributed by atoms with E-state index in [1.165, 1.54) is 51.4 Å². The minimum atomic E-state index is 0.418. The monoisotopic (exact) mass is 216 g/mol. The van der Waals surface area contributed by atoms with Gasteiger partial charge in [0.1, 0.15) is 0 Å². The van der Waals surface area contributed by atoms with Gasteiger partial charge in [0, 0.05) is 12.0 Å². The maximum Gasteiger partial charge on any atom is 0.0579 e. The Hall–Kier alpha value is 0.250. The summed E-state index contributed by atoms with van der Waals surface area (Å²) in [6, 6.07) is 0. The lowest BCUT2D eigenvalue weighted by Gasteiger charge is -2.22. The van der Waals surface area contributed by atoms with E-state index in [1.807, 2.05) is 0 Å². The maximum absolute atomic E-state index is 6.41. The standard InChI is InChI=1S/C12H21ClO/c13-12-7-3-1-2-5-10(12)9-11-6-4-8-14-11/h10-12H,1-9H2. The third-order valence-corrected chi connectivity index (χ3v) is 4.23. The molecule has 3 unspecified atom stereocenters. The highest BCUT2D eigenvalue weighted by atomic mass is 35.5. The molecule has 1 heterocycles. The van der Waals surface area contributed by atoms with Gasteiger partial charge in [-0.05, 0) is 38.0 Å². The van der Waals surface area contributed by atoms with Crippen molar-refractivity contribution in [3.8, 4) is 0 Å². The molecule has 1 nitrogen and oxygen atoms in total. The van der Waals surface area contributed by atoms with Gasteiger partial charge < -0.3 is 4.74 Å². The summed E-state index contributed by atoms with van der Waals surface area (Å²) in [5.41, 5.74) is 0. The van der Waals surface area contributed by atoms with E-state index in [0.717, 1.165) is 12.5 Å². The van der Waals surface area contributed by atoms with Crippen LogP contribution >= 0.6 is 11.6 Å². The van der Waals surface area contributed by atoms with E-state index in [0.29, 0.717) is 11.5 Å². The summed E-state index contributed by atoms with van der Waals surface area (Å²) >= 11 is 6.41. The molecule has 1 aliphatic carbocycles. The van der Waals surface area contributed by atoms with Crippen LogP contribution < -0.4 is 0 Å². The van der Waals surface area contributed by atoms with Crippen molar-refractivity contribution in [1.29, 1.82) is 0 Å². The van der Waals surface area contributed by atoms with Gasteiger partial charge in [-0.2, -0.15) is 0 Å². The third-order valence-electron chi connectivity index (χ3n) is 3.66. The van der Waals surface area contributed by atoms with Gasteiger partial charge in [-0.3, -0.25) is 0 Å². The lowest BCUT2D eigenvalue weighted by atomic mass is 9.92. The van der Waals surface area contributed by atoms with Gasteiger partial charge in [-0.1, -0.05) is 19.3 Å². The first-order chi connectivity index (χ1) is 6.86. The van der Waals surface area contributed by atoms with Gasteiger partial charge >= 0.3 is 0 Å². The second kappa shape index (κ2) is 5.37. The Morgan fingerprint density at radius 1 is 1.00 bits per heavy atom. The molecule has 1 saturated heterocycles. The Balaban J connectivity index is 1.81. The molecular weight excluding hydrogens is 196 g/mol. The van der Waals surface area contributed by atoms with E-state index in [-0.39, 0.29) is 0 Å². The van der Waals surface area contributed by atoms with E-state index in [9.17, 15) is 0 Å². The fourth-order valence-electron chi connectivity index (χ4n) is 2.77. The minimum absolute atomic E-state index is 0.418. The molecule has 2 heteroatoms. The molecule has 2 fully saturated rings. The van der Waals surface area contributed by atoms with Gasteiger partial charge in [0.2, 0.25) is 0 Å². The van der Waals surface area contributed by atoms with Crippen LogP contribution in [0.1, 0.15) is 51.4 Å². The van der Waals surface area contributed by atoms with E-state index in [2.05, 4.69) is 0 Å². The lowest BCUT2D eigenvalue weighted by Crippen LogP contribution is -2.20. The van der Waals surface area contributed by atoms with E-state index < -0.39 is 0 Å². The zero-order valence-corrected chi connectivity index (χ0v) is 9.64. The van der Waals surface area contributed by atoms with Crippen molar-refractivity contribution in [3.05, 3.63) is 0 Å². The average Bonchev–Trinajstić information content (AvgIpc) is 2.60. The number of rotatable bonds is 2. The number of alkyl halides is 1. The van der Waals surface area contributed by atoms with Gasteiger partial charge in [-0.25, -0.2) is 0 Å². The molecule has 0 bridgehead atoms. The van der Waals surface area contributed by atoms with Crippen molar-refractivity contribution in [2.45, 2.75) is 62.8 Å². The highest BCUT2D eigenvalue weighted by Crippen LogP contribution is 2.33. The SMILES string of the molecule is ClC1CCCCCC1CC1CCCO1. The van der Waals surface area contributed by atoms with Crippen LogP contribution in [-0.2, 0) is 4.74 Å². The van der Waals surface area contributed by atoms with Crippen LogP contribution in [0.4, 0.5) is 0 Å². The maximum atomic E-state index is 6.41. The van der Waals surface area contributed by atoms with E-state index in [4.69, 9.17) is 16.3 Å². The van der Waals surface area contributed by atoms with Crippen molar-refractivity contribution in [2.24, 2.45) is 5.92 Å². The smallest absolute Gasteiger partial charge is 0.0579 e. The highest BCUT2D eigenvalue weighted by molar-refractivity contribution is 6.20. The molecule has 1 aliphatic heterocycles. The number of hydrogen-bond acceptors (Lipinski definition) is 1. The molecule has 0 aromatic heterocycles. The van der Waals surface area contributed by atoms with Gasteiger partial charge in [0.15, 0.2) is 0 Å². The molecule has 0 radical (unpaired) electrons. The molecule has 2 aliphatic rings. The summed E-state index contributed by atoms with van der Waals surface area (Å²) in [5, 5.41) is 0.418. The van der Waals surface area contributed by atoms with Gasteiger partial charge in [-0.15, -0.1) is 11.6 Å². The molecule has 82 valence electrons. The summed E-state index contributed by atoms with van der Waals surface area (Å²) in [7, 11) is 0. The number of halogens is 1. The van der Waals surface area contributed by atoms with Gasteiger partial charge in [0.05, 0.1) is 6.10 Å². The predicted octanol–water partition coefficient (Wildman–Crippen LogP) is 3.74. The summed E-state index contributed by atoms with van der Waals surface area (Å²) in [6.07, 6.45) is 10.9. The summed E-state index contributed by atoms with van der Waals surface area (Å²) in [5.74, 6) is 0.724. The molecule has 2 rings (SSSR count). The Morgan fingerprint density at radius 3 is 2.64 bits per heavy atom. The lowest BCUT2D eigenvalue weighted by molar-refractivity contribution is 0.0876. The van der Waals surface area contributed by atoms with E-state index in [1.54, 1.807) is 0 Å². The first-order valence-electron chi connectivity index (χ1n) is 6.12. The molecule has 0 aromatic rings. The van der Waals surface area contributed by atoms with Gasteiger partial charge in [0.25, 0.3) is 0 Å². The van der Waals surface area contributed by atoms with Crippen LogP contribution in [0.5, 0.6) is 0 Å². The summed E-state index contributed by atoms with van der Waals surface area (Å²) in [4.78, 5) is 0. The predicted molar refractivity (Wildman–Crippen MR) is 59.8 cm³/mol. The Morgan fingerprint density at radius 2 is 1.86 bits per heavy atom. The molecule has 0 spiro atoms. The fourth-order valence-corrected chi connectivity index (χ4v) is 3.16. The van der Waals surface area contributed by atoms with Crippen LogP contribution in [0, 0.1) is 5.92 Å². The van der Waals surface area contributed by atoms with E-state index >= 15 is 0 Å². The highest BCUT2D eigenvalue weighted by Gasteiger charge is 2.26. The zero-order valence-electron chi connectivity index (χ0n) is 8.88. The topological polar surface area (TPSA) is 9.23 Å². The Labute approximate surface area is 92.2 Å². The molecule has 1 saturated carbocycles. The number of ether oxygens (including phenoxy) is 1. The van der Waals surface area contributed by atoms with Crippen LogP contribution in [0.15, 0.2) is 0 Å². The molecule has 3 atom stereocenters. The molecule has 0 amide bonds. The summed E-state index contributed by atoms with van der Waals surface area (Å²) < 4.78 is 5.69. The first-order valence-corrected chi connectivity index (χ1v) is 6.55. The second-order valence-electron chi connectivity index (χ2n) is 4.78. The van der Waals surface area contributed by atoms with Crippen molar-refractivity contribution in [2.75, 3.05) is 6.61 Å². The molecular formula is C12H21ClO. The largest absolute Gasteiger partial charge is 0.378 e. The number of hydrogen-bond donors (Lipinski definition) is 0. The third kappa shape index (κ3) is 2.87. The normalized spacial score (nSPS) is 39.6. The van der Waals surface area contributed by atoms with Crippen molar-refractivity contribution < 1.29 is 4.74 Å². The first kappa shape index (κ1) is 10.8. The molecule has 0 N–H and O–H groups in total.